The first-order valence-electron chi connectivity index (χ1n) is 12.6. The van der Waals surface area contributed by atoms with Gasteiger partial charge in [-0.15, -0.1) is 0 Å². The molecule has 2 amide bonds. The van der Waals surface area contributed by atoms with E-state index in [4.69, 9.17) is 5.26 Å². The molecule has 0 radical (unpaired) electrons. The van der Waals surface area contributed by atoms with Crippen molar-refractivity contribution in [3.8, 4) is 6.07 Å². The van der Waals surface area contributed by atoms with Gasteiger partial charge in [0.25, 0.3) is 0 Å². The van der Waals surface area contributed by atoms with Crippen molar-refractivity contribution in [2.24, 2.45) is 0 Å². The van der Waals surface area contributed by atoms with Crippen LogP contribution in [0.3, 0.4) is 0 Å². The van der Waals surface area contributed by atoms with E-state index in [1.54, 1.807) is 12.3 Å². The predicted molar refractivity (Wildman–Crippen MR) is 144 cm³/mol. The normalized spacial score (nSPS) is 15.1. The van der Waals surface area contributed by atoms with E-state index in [1.807, 2.05) is 77.4 Å². The highest BCUT2D eigenvalue weighted by Gasteiger charge is 2.24. The molecule has 0 bridgehead atoms. The molecular weight excluding hydrogens is 464 g/mol. The van der Waals surface area contributed by atoms with Gasteiger partial charge in [0.1, 0.15) is 11.9 Å². The van der Waals surface area contributed by atoms with Gasteiger partial charge in [-0.3, -0.25) is 9.59 Å². The molecule has 2 N–H and O–H groups in total. The molecule has 0 aliphatic carbocycles. The van der Waals surface area contributed by atoms with Crippen molar-refractivity contribution in [1.29, 1.82) is 5.26 Å². The molecule has 2 aromatic carbocycles. The number of likely N-dealkylation sites (N-methyl/N-ethyl adjacent to an activating group) is 1. The van der Waals surface area contributed by atoms with Crippen LogP contribution in [0.25, 0.3) is 0 Å². The summed E-state index contributed by atoms with van der Waals surface area (Å²) in [6, 6.07) is 22.3. The van der Waals surface area contributed by atoms with E-state index in [0.29, 0.717) is 31.0 Å². The van der Waals surface area contributed by atoms with E-state index in [2.05, 4.69) is 28.6 Å². The Bertz CT molecular complexity index is 1240. The van der Waals surface area contributed by atoms with Gasteiger partial charge in [0.05, 0.1) is 30.1 Å². The van der Waals surface area contributed by atoms with E-state index in [0.717, 1.165) is 29.9 Å². The number of hydrogen-bond acceptors (Lipinski definition) is 6. The minimum Gasteiger partial charge on any atom is -0.359 e. The van der Waals surface area contributed by atoms with Gasteiger partial charge in [0, 0.05) is 26.2 Å². The first kappa shape index (κ1) is 25.9. The number of carbonyl (C=O) groups excluding carboxylic acids is 2. The Labute approximate surface area is 217 Å². The SMILES string of the molecule is CCN1CCN(c2ccc(NC(=O)[C@@H](NC[C@@H](C)c3ccc(C#N)cc3)c3ccccc3)nc2)CC1=O. The van der Waals surface area contributed by atoms with Crippen LogP contribution in [-0.2, 0) is 9.59 Å². The average molecular weight is 497 g/mol. The van der Waals surface area contributed by atoms with E-state index in [-0.39, 0.29) is 17.7 Å². The lowest BCUT2D eigenvalue weighted by atomic mass is 9.98. The lowest BCUT2D eigenvalue weighted by Crippen LogP contribution is -2.50. The largest absolute Gasteiger partial charge is 0.359 e. The number of piperazine rings is 1. The van der Waals surface area contributed by atoms with Gasteiger partial charge in [-0.05, 0) is 48.2 Å². The second-order valence-electron chi connectivity index (χ2n) is 9.17. The van der Waals surface area contributed by atoms with Gasteiger partial charge in [-0.1, -0.05) is 49.4 Å². The lowest BCUT2D eigenvalue weighted by molar-refractivity contribution is -0.130. The number of anilines is 2. The summed E-state index contributed by atoms with van der Waals surface area (Å²) in [5, 5.41) is 15.4. The van der Waals surface area contributed by atoms with Gasteiger partial charge in [0.15, 0.2) is 0 Å². The number of amides is 2. The number of rotatable bonds is 9. The van der Waals surface area contributed by atoms with Crippen molar-refractivity contribution >= 4 is 23.3 Å². The van der Waals surface area contributed by atoms with Gasteiger partial charge in [0.2, 0.25) is 11.8 Å². The molecule has 8 heteroatoms. The van der Waals surface area contributed by atoms with Crippen LogP contribution >= 0.6 is 0 Å². The highest BCUT2D eigenvalue weighted by molar-refractivity contribution is 5.95. The molecule has 1 aromatic heterocycles. The van der Waals surface area contributed by atoms with Crippen molar-refractivity contribution in [2.75, 3.05) is 42.9 Å². The molecule has 1 fully saturated rings. The fourth-order valence-corrected chi connectivity index (χ4v) is 4.41. The number of nitrogens with zero attached hydrogens (tertiary/aromatic N) is 4. The van der Waals surface area contributed by atoms with Crippen LogP contribution in [0.4, 0.5) is 11.5 Å². The third-order valence-electron chi connectivity index (χ3n) is 6.70. The molecule has 1 saturated heterocycles. The first-order chi connectivity index (χ1) is 18.0. The van der Waals surface area contributed by atoms with E-state index < -0.39 is 6.04 Å². The maximum absolute atomic E-state index is 13.3. The maximum Gasteiger partial charge on any atom is 0.247 e. The zero-order valence-electron chi connectivity index (χ0n) is 21.2. The second-order valence-corrected chi connectivity index (χ2v) is 9.17. The summed E-state index contributed by atoms with van der Waals surface area (Å²) in [5.74, 6) is 0.499. The summed E-state index contributed by atoms with van der Waals surface area (Å²) >= 11 is 0. The third kappa shape index (κ3) is 6.51. The van der Waals surface area contributed by atoms with E-state index in [9.17, 15) is 9.59 Å². The number of nitriles is 1. The smallest absolute Gasteiger partial charge is 0.247 e. The number of carbonyl (C=O) groups is 2. The maximum atomic E-state index is 13.3. The number of pyridine rings is 1. The third-order valence-corrected chi connectivity index (χ3v) is 6.70. The highest BCUT2D eigenvalue weighted by Crippen LogP contribution is 2.21. The molecule has 1 aliphatic rings. The molecule has 190 valence electrons. The van der Waals surface area contributed by atoms with Gasteiger partial charge >= 0.3 is 0 Å². The molecule has 4 rings (SSSR count). The second kappa shape index (κ2) is 12.2. The topological polar surface area (TPSA) is 101 Å². The monoisotopic (exact) mass is 496 g/mol. The number of benzene rings is 2. The van der Waals surface area contributed by atoms with Gasteiger partial charge in [-0.25, -0.2) is 4.98 Å². The number of nitrogens with one attached hydrogen (secondary N) is 2. The summed E-state index contributed by atoms with van der Waals surface area (Å²) in [5.41, 5.74) is 3.43. The minimum absolute atomic E-state index is 0.109. The van der Waals surface area contributed by atoms with Crippen LogP contribution in [0.15, 0.2) is 72.9 Å². The van der Waals surface area contributed by atoms with Crippen LogP contribution < -0.4 is 15.5 Å². The van der Waals surface area contributed by atoms with Crippen molar-refractivity contribution in [1.82, 2.24) is 15.2 Å². The predicted octanol–water partition coefficient (Wildman–Crippen LogP) is 3.69. The van der Waals surface area contributed by atoms with Gasteiger partial charge in [-0.2, -0.15) is 5.26 Å². The Morgan fingerprint density at radius 3 is 2.43 bits per heavy atom. The van der Waals surface area contributed by atoms with Crippen molar-refractivity contribution in [2.45, 2.75) is 25.8 Å². The molecule has 1 aliphatic heterocycles. The molecule has 8 nitrogen and oxygen atoms in total. The summed E-state index contributed by atoms with van der Waals surface area (Å²) in [7, 11) is 0. The standard InChI is InChI=1S/C29H32N6O2/c1-3-34-15-16-35(20-27(34)36)25-13-14-26(31-19-25)33-29(37)28(24-7-5-4-6-8-24)32-18-21(2)23-11-9-22(17-30)10-12-23/h4-14,19,21,28,32H,3,15-16,18,20H2,1-2H3,(H,31,33,37)/t21-,28+/m1/s1. The Morgan fingerprint density at radius 1 is 1.05 bits per heavy atom. The van der Waals surface area contributed by atoms with Crippen LogP contribution in [0.1, 0.15) is 42.5 Å². The number of hydrogen-bond donors (Lipinski definition) is 2. The fourth-order valence-electron chi connectivity index (χ4n) is 4.41. The molecule has 2 heterocycles. The Morgan fingerprint density at radius 2 is 1.81 bits per heavy atom. The molecule has 2 atom stereocenters. The summed E-state index contributed by atoms with van der Waals surface area (Å²) in [4.78, 5) is 33.9. The molecular formula is C29H32N6O2. The molecule has 0 spiro atoms. The van der Waals surface area contributed by atoms with Crippen LogP contribution in [-0.4, -0.2) is 54.4 Å². The van der Waals surface area contributed by atoms with Crippen LogP contribution in [0.5, 0.6) is 0 Å². The number of aromatic nitrogens is 1. The molecule has 0 unspecified atom stereocenters. The zero-order chi connectivity index (χ0) is 26.2. The first-order valence-corrected chi connectivity index (χ1v) is 12.6. The van der Waals surface area contributed by atoms with Crippen molar-refractivity contribution in [3.05, 3.63) is 89.6 Å². The molecule has 3 aromatic rings. The quantitative estimate of drug-likeness (QED) is 0.469. The Balaban J connectivity index is 1.41. The minimum atomic E-state index is -0.566. The zero-order valence-corrected chi connectivity index (χ0v) is 21.2. The van der Waals surface area contributed by atoms with Crippen LogP contribution in [0, 0.1) is 11.3 Å². The average Bonchev–Trinajstić information content (AvgIpc) is 2.94. The summed E-state index contributed by atoms with van der Waals surface area (Å²) in [6.07, 6.45) is 1.70. The highest BCUT2D eigenvalue weighted by atomic mass is 16.2. The van der Waals surface area contributed by atoms with E-state index in [1.165, 1.54) is 0 Å². The Hall–Kier alpha value is -4.22. The molecule has 37 heavy (non-hydrogen) atoms. The summed E-state index contributed by atoms with van der Waals surface area (Å²) in [6.45, 7) is 7.14. The lowest BCUT2D eigenvalue weighted by Gasteiger charge is -2.34. The summed E-state index contributed by atoms with van der Waals surface area (Å²) < 4.78 is 0. The van der Waals surface area contributed by atoms with Crippen molar-refractivity contribution in [3.63, 3.8) is 0 Å². The van der Waals surface area contributed by atoms with E-state index >= 15 is 0 Å². The van der Waals surface area contributed by atoms with Crippen molar-refractivity contribution < 1.29 is 9.59 Å². The van der Waals surface area contributed by atoms with Gasteiger partial charge < -0.3 is 20.4 Å². The Kier molecular flexibility index (Phi) is 8.49. The molecule has 0 saturated carbocycles. The fraction of sp³-hybridized carbons (Fsp3) is 0.310. The van der Waals surface area contributed by atoms with Crippen LogP contribution in [0.2, 0.25) is 0 Å².